The van der Waals surface area contributed by atoms with Gasteiger partial charge in [0.2, 0.25) is 0 Å². The van der Waals surface area contributed by atoms with Crippen LogP contribution in [0.3, 0.4) is 0 Å². The number of hydrogen-bond donors (Lipinski definition) is 1. The van der Waals surface area contributed by atoms with Gasteiger partial charge in [-0.1, -0.05) is 6.92 Å². The highest BCUT2D eigenvalue weighted by Crippen LogP contribution is 2.49. The Morgan fingerprint density at radius 1 is 1.26 bits per heavy atom. The van der Waals surface area contributed by atoms with Crippen LogP contribution < -0.4 is 5.32 Å². The van der Waals surface area contributed by atoms with E-state index in [4.69, 9.17) is 0 Å². The summed E-state index contributed by atoms with van der Waals surface area (Å²) in [4.78, 5) is 4.21. The van der Waals surface area contributed by atoms with Crippen LogP contribution in [0.25, 0.3) is 0 Å². The van der Waals surface area contributed by atoms with E-state index in [2.05, 4.69) is 17.2 Å². The summed E-state index contributed by atoms with van der Waals surface area (Å²) in [6.45, 7) is 3.26. The molecule has 1 aromatic rings. The largest absolute Gasteiger partial charge is 0.308 e. The minimum atomic E-state index is -0.257. The first kappa shape index (κ1) is 13.0. The number of hydrogen-bond acceptors (Lipinski definition) is 2. The van der Waals surface area contributed by atoms with E-state index in [-0.39, 0.29) is 11.9 Å². The number of pyridine rings is 1. The highest BCUT2D eigenvalue weighted by Gasteiger charge is 2.41. The molecule has 0 aromatic carbocycles. The lowest BCUT2D eigenvalue weighted by Gasteiger charge is -2.22. The maximum Gasteiger partial charge on any atom is 0.141 e. The highest BCUT2D eigenvalue weighted by molar-refractivity contribution is 5.10. The molecule has 1 aromatic heterocycles. The normalized spacial score (nSPS) is 20.8. The molecule has 1 atom stereocenters. The molecule has 1 heterocycles. The predicted octanol–water partition coefficient (Wildman–Crippen LogP) is 3.70. The molecule has 0 spiro atoms. The first-order chi connectivity index (χ1) is 9.28. The second-order valence-electron chi connectivity index (χ2n) is 6.11. The topological polar surface area (TPSA) is 24.9 Å². The van der Waals surface area contributed by atoms with Gasteiger partial charge in [-0.15, -0.1) is 0 Å². The summed E-state index contributed by atoms with van der Waals surface area (Å²) < 4.78 is 12.9. The Balaban J connectivity index is 1.58. The van der Waals surface area contributed by atoms with E-state index in [1.807, 2.05) is 0 Å². The van der Waals surface area contributed by atoms with Gasteiger partial charge in [0.05, 0.1) is 11.9 Å². The third-order valence-corrected chi connectivity index (χ3v) is 4.57. The average Bonchev–Trinajstić information content (AvgIpc) is 3.28. The summed E-state index contributed by atoms with van der Waals surface area (Å²) in [5.74, 6) is 2.55. The molecule has 2 nitrogen and oxygen atoms in total. The fraction of sp³-hybridized carbons (Fsp3) is 0.688. The molecule has 0 saturated heterocycles. The van der Waals surface area contributed by atoms with Crippen LogP contribution in [0.15, 0.2) is 18.3 Å². The van der Waals surface area contributed by atoms with E-state index in [0.29, 0.717) is 0 Å². The van der Waals surface area contributed by atoms with Gasteiger partial charge >= 0.3 is 0 Å². The molecule has 3 heteroatoms. The Kier molecular flexibility index (Phi) is 3.83. The number of nitrogens with zero attached hydrogens (tertiary/aromatic N) is 1. The van der Waals surface area contributed by atoms with E-state index < -0.39 is 0 Å². The molecule has 2 aliphatic carbocycles. The molecule has 0 aliphatic heterocycles. The first-order valence-electron chi connectivity index (χ1n) is 7.62. The van der Waals surface area contributed by atoms with Gasteiger partial charge in [-0.2, -0.15) is 0 Å². The van der Waals surface area contributed by atoms with Crippen molar-refractivity contribution in [3.05, 3.63) is 29.8 Å². The van der Waals surface area contributed by atoms with Gasteiger partial charge in [0.15, 0.2) is 0 Å². The maximum atomic E-state index is 12.9. The van der Waals surface area contributed by atoms with Gasteiger partial charge in [-0.05, 0) is 68.5 Å². The smallest absolute Gasteiger partial charge is 0.141 e. The number of rotatable bonds is 7. The lowest BCUT2D eigenvalue weighted by atomic mass is 9.97. The summed E-state index contributed by atoms with van der Waals surface area (Å²) in [7, 11) is 0. The standard InChI is InChI=1S/C16H23FN2/c1-2-15(16-8-7-13(17)9-18-16)19-10-14(11-3-4-11)12-5-6-12/h7-9,11-12,14-15,19H,2-6,10H2,1H3. The van der Waals surface area contributed by atoms with Gasteiger partial charge in [0, 0.05) is 6.04 Å². The average molecular weight is 262 g/mol. The number of nitrogens with one attached hydrogen (secondary N) is 1. The Hall–Kier alpha value is -0.960. The molecule has 2 fully saturated rings. The SMILES string of the molecule is CCC(NCC(C1CC1)C1CC1)c1ccc(F)cn1. The van der Waals surface area contributed by atoms with Crippen LogP contribution in [-0.4, -0.2) is 11.5 Å². The zero-order valence-corrected chi connectivity index (χ0v) is 11.6. The number of aromatic nitrogens is 1. The van der Waals surface area contributed by atoms with Crippen LogP contribution in [0.2, 0.25) is 0 Å². The van der Waals surface area contributed by atoms with Crippen molar-refractivity contribution in [3.8, 4) is 0 Å². The molecule has 0 radical (unpaired) electrons. The van der Waals surface area contributed by atoms with Crippen molar-refractivity contribution in [2.24, 2.45) is 17.8 Å². The van der Waals surface area contributed by atoms with E-state index in [1.165, 1.54) is 37.9 Å². The van der Waals surface area contributed by atoms with Crippen molar-refractivity contribution in [3.63, 3.8) is 0 Å². The summed E-state index contributed by atoms with van der Waals surface area (Å²) in [6.07, 6.45) is 8.02. The van der Waals surface area contributed by atoms with Crippen molar-refractivity contribution >= 4 is 0 Å². The summed E-state index contributed by atoms with van der Waals surface area (Å²) in [6, 6.07) is 3.58. The third-order valence-electron chi connectivity index (χ3n) is 4.57. The van der Waals surface area contributed by atoms with Gasteiger partial charge in [-0.25, -0.2) is 4.39 Å². The van der Waals surface area contributed by atoms with E-state index >= 15 is 0 Å². The molecule has 3 rings (SSSR count). The number of halogens is 1. The third kappa shape index (κ3) is 3.33. The van der Waals surface area contributed by atoms with Crippen LogP contribution in [-0.2, 0) is 0 Å². The van der Waals surface area contributed by atoms with Crippen LogP contribution in [0.1, 0.15) is 50.8 Å². The van der Waals surface area contributed by atoms with Crippen molar-refractivity contribution in [1.82, 2.24) is 10.3 Å². The monoisotopic (exact) mass is 262 g/mol. The van der Waals surface area contributed by atoms with Crippen LogP contribution in [0, 0.1) is 23.6 Å². The molecule has 2 aliphatic rings. The van der Waals surface area contributed by atoms with Crippen molar-refractivity contribution in [1.29, 1.82) is 0 Å². The zero-order chi connectivity index (χ0) is 13.2. The Labute approximate surface area is 114 Å². The Morgan fingerprint density at radius 2 is 1.95 bits per heavy atom. The molecular weight excluding hydrogens is 239 g/mol. The zero-order valence-electron chi connectivity index (χ0n) is 11.6. The maximum absolute atomic E-state index is 12.9. The molecule has 0 bridgehead atoms. The van der Waals surface area contributed by atoms with E-state index in [1.54, 1.807) is 6.07 Å². The van der Waals surface area contributed by atoms with E-state index in [0.717, 1.165) is 36.4 Å². The molecule has 1 N–H and O–H groups in total. The Bertz CT molecular complexity index is 397. The Morgan fingerprint density at radius 3 is 2.42 bits per heavy atom. The summed E-state index contributed by atoms with van der Waals surface area (Å²) >= 11 is 0. The van der Waals surface area contributed by atoms with Crippen LogP contribution >= 0.6 is 0 Å². The highest BCUT2D eigenvalue weighted by atomic mass is 19.1. The quantitative estimate of drug-likeness (QED) is 0.810. The van der Waals surface area contributed by atoms with Crippen LogP contribution in [0.4, 0.5) is 4.39 Å². The molecule has 0 amide bonds. The lowest BCUT2D eigenvalue weighted by Crippen LogP contribution is -2.29. The minimum absolute atomic E-state index is 0.257. The van der Waals surface area contributed by atoms with Crippen molar-refractivity contribution in [2.45, 2.75) is 45.1 Å². The fourth-order valence-electron chi connectivity index (χ4n) is 3.10. The fourth-order valence-corrected chi connectivity index (χ4v) is 3.10. The second-order valence-corrected chi connectivity index (χ2v) is 6.11. The predicted molar refractivity (Wildman–Crippen MR) is 74.2 cm³/mol. The summed E-state index contributed by atoms with van der Waals surface area (Å²) in [5, 5.41) is 3.66. The molecule has 1 unspecified atom stereocenters. The van der Waals surface area contributed by atoms with Gasteiger partial charge in [-0.3, -0.25) is 4.98 Å². The van der Waals surface area contributed by atoms with E-state index in [9.17, 15) is 4.39 Å². The molecular formula is C16H23FN2. The van der Waals surface area contributed by atoms with Gasteiger partial charge in [0.25, 0.3) is 0 Å². The first-order valence-corrected chi connectivity index (χ1v) is 7.62. The van der Waals surface area contributed by atoms with Gasteiger partial charge < -0.3 is 5.32 Å². The minimum Gasteiger partial charge on any atom is -0.308 e. The van der Waals surface area contributed by atoms with Crippen LogP contribution in [0.5, 0.6) is 0 Å². The van der Waals surface area contributed by atoms with Crippen molar-refractivity contribution < 1.29 is 4.39 Å². The molecule has 19 heavy (non-hydrogen) atoms. The summed E-state index contributed by atoms with van der Waals surface area (Å²) in [5.41, 5.74) is 0.967. The second kappa shape index (κ2) is 5.58. The molecule has 104 valence electrons. The van der Waals surface area contributed by atoms with Crippen molar-refractivity contribution in [2.75, 3.05) is 6.54 Å². The van der Waals surface area contributed by atoms with Gasteiger partial charge in [0.1, 0.15) is 5.82 Å². The molecule has 2 saturated carbocycles. The lowest BCUT2D eigenvalue weighted by molar-refractivity contribution is 0.350.